The van der Waals surface area contributed by atoms with Gasteiger partial charge in [0.2, 0.25) is 5.88 Å². The molecule has 0 atom stereocenters. The molecule has 0 spiro atoms. The second-order valence-electron chi connectivity index (χ2n) is 5.33. The number of carbonyl (C=O) groups is 2. The zero-order valence-electron chi connectivity index (χ0n) is 12.8. The van der Waals surface area contributed by atoms with Gasteiger partial charge in [-0.2, -0.15) is 0 Å². The van der Waals surface area contributed by atoms with Gasteiger partial charge in [-0.05, 0) is 38.3 Å². The molecule has 0 saturated carbocycles. The summed E-state index contributed by atoms with van der Waals surface area (Å²) < 4.78 is 5.41. The molecular formula is C15H21N3O4. The number of nitrogens with one attached hydrogen (secondary N) is 1. The van der Waals surface area contributed by atoms with E-state index < -0.39 is 5.97 Å². The van der Waals surface area contributed by atoms with Crippen molar-refractivity contribution in [2.45, 2.75) is 26.7 Å². The maximum Gasteiger partial charge on any atom is 0.321 e. The van der Waals surface area contributed by atoms with Crippen LogP contribution in [0.15, 0.2) is 12.3 Å². The minimum absolute atomic E-state index is 0.253. The van der Waals surface area contributed by atoms with E-state index >= 15 is 0 Å². The molecule has 0 unspecified atom stereocenters. The Labute approximate surface area is 129 Å². The lowest BCUT2D eigenvalue weighted by Crippen LogP contribution is -2.42. The summed E-state index contributed by atoms with van der Waals surface area (Å²) >= 11 is 0. The topological polar surface area (TPSA) is 91.8 Å². The lowest BCUT2D eigenvalue weighted by Gasteiger charge is -2.30. The minimum Gasteiger partial charge on any atom is -0.481 e. The molecule has 2 N–H and O–H groups in total. The molecule has 2 rings (SSSR count). The molecule has 7 nitrogen and oxygen atoms in total. The van der Waals surface area contributed by atoms with Crippen LogP contribution in [0.25, 0.3) is 0 Å². The van der Waals surface area contributed by atoms with E-state index in [1.807, 2.05) is 13.8 Å². The quantitative estimate of drug-likeness (QED) is 0.889. The number of likely N-dealkylation sites (tertiary alicyclic amines) is 1. The van der Waals surface area contributed by atoms with Gasteiger partial charge in [0.05, 0.1) is 12.5 Å². The van der Waals surface area contributed by atoms with Gasteiger partial charge in [0.1, 0.15) is 5.69 Å². The zero-order chi connectivity index (χ0) is 16.1. The number of pyridine rings is 1. The van der Waals surface area contributed by atoms with Gasteiger partial charge in [0.15, 0.2) is 0 Å². The minimum atomic E-state index is -0.790. The number of hydrogen-bond acceptors (Lipinski definition) is 4. The Morgan fingerprint density at radius 3 is 2.73 bits per heavy atom. The van der Waals surface area contributed by atoms with Gasteiger partial charge in [0, 0.05) is 19.3 Å². The third-order valence-electron chi connectivity index (χ3n) is 3.64. The van der Waals surface area contributed by atoms with Crippen LogP contribution in [0.1, 0.15) is 25.3 Å². The Balaban J connectivity index is 2.00. The third kappa shape index (κ3) is 3.87. The maximum atomic E-state index is 12.3. The summed E-state index contributed by atoms with van der Waals surface area (Å²) in [5, 5.41) is 11.8. The van der Waals surface area contributed by atoms with Crippen molar-refractivity contribution in [1.82, 2.24) is 9.88 Å². The van der Waals surface area contributed by atoms with Crippen LogP contribution in [0, 0.1) is 12.8 Å². The number of carbonyl (C=O) groups excluding carboxylic acids is 1. The Hall–Kier alpha value is -2.31. The van der Waals surface area contributed by atoms with Crippen molar-refractivity contribution >= 4 is 17.7 Å². The number of ether oxygens (including phenoxy) is 1. The number of carboxylic acid groups (broad SMARTS) is 1. The number of aliphatic carboxylic acids is 1. The van der Waals surface area contributed by atoms with E-state index in [1.165, 1.54) is 0 Å². The monoisotopic (exact) mass is 307 g/mol. The largest absolute Gasteiger partial charge is 0.481 e. The van der Waals surface area contributed by atoms with Crippen molar-refractivity contribution in [3.8, 4) is 5.88 Å². The molecule has 120 valence electrons. The van der Waals surface area contributed by atoms with Crippen LogP contribution in [-0.4, -0.2) is 46.7 Å². The van der Waals surface area contributed by atoms with Crippen LogP contribution in [0.2, 0.25) is 0 Å². The summed E-state index contributed by atoms with van der Waals surface area (Å²) in [6.45, 7) is 5.07. The Morgan fingerprint density at radius 1 is 1.45 bits per heavy atom. The van der Waals surface area contributed by atoms with Crippen molar-refractivity contribution in [1.29, 1.82) is 0 Å². The second kappa shape index (κ2) is 7.11. The molecule has 0 aliphatic carbocycles. The summed E-state index contributed by atoms with van der Waals surface area (Å²) in [4.78, 5) is 29.0. The molecule has 1 aromatic heterocycles. The normalized spacial score (nSPS) is 15.5. The SMILES string of the molecule is CCOc1ncc(C)cc1NC(=O)N1CCC(C(=O)O)CC1. The van der Waals surface area contributed by atoms with Crippen molar-refractivity contribution in [3.63, 3.8) is 0 Å². The molecule has 1 aliphatic rings. The summed E-state index contributed by atoms with van der Waals surface area (Å²) in [7, 11) is 0. The fourth-order valence-electron chi connectivity index (χ4n) is 2.42. The summed E-state index contributed by atoms with van der Waals surface area (Å²) in [5.74, 6) is -0.757. The van der Waals surface area contributed by atoms with Gasteiger partial charge < -0.3 is 20.1 Å². The average molecular weight is 307 g/mol. The van der Waals surface area contributed by atoms with E-state index in [2.05, 4.69) is 10.3 Å². The molecule has 0 bridgehead atoms. The van der Waals surface area contributed by atoms with Crippen LogP contribution >= 0.6 is 0 Å². The molecule has 1 aliphatic heterocycles. The highest BCUT2D eigenvalue weighted by molar-refractivity contribution is 5.90. The van der Waals surface area contributed by atoms with Gasteiger partial charge in [0.25, 0.3) is 0 Å². The number of urea groups is 1. The highest BCUT2D eigenvalue weighted by Crippen LogP contribution is 2.24. The van der Waals surface area contributed by atoms with Crippen LogP contribution in [-0.2, 0) is 4.79 Å². The summed E-state index contributed by atoms with van der Waals surface area (Å²) in [6.07, 6.45) is 2.64. The number of nitrogens with zero attached hydrogens (tertiary/aromatic N) is 2. The number of amides is 2. The highest BCUT2D eigenvalue weighted by Gasteiger charge is 2.27. The van der Waals surface area contributed by atoms with E-state index in [-0.39, 0.29) is 11.9 Å². The Bertz CT molecular complexity index is 554. The fraction of sp³-hybridized carbons (Fsp3) is 0.533. The van der Waals surface area contributed by atoms with E-state index in [0.717, 1.165) is 5.56 Å². The number of aromatic nitrogens is 1. The van der Waals surface area contributed by atoms with Crippen LogP contribution in [0.3, 0.4) is 0 Å². The number of anilines is 1. The van der Waals surface area contributed by atoms with Crippen molar-refractivity contribution in [2.75, 3.05) is 25.0 Å². The van der Waals surface area contributed by atoms with Crippen molar-refractivity contribution < 1.29 is 19.4 Å². The third-order valence-corrected chi connectivity index (χ3v) is 3.64. The first-order valence-electron chi connectivity index (χ1n) is 7.39. The van der Waals surface area contributed by atoms with E-state index in [9.17, 15) is 9.59 Å². The van der Waals surface area contributed by atoms with Gasteiger partial charge in [-0.1, -0.05) is 0 Å². The first-order valence-corrected chi connectivity index (χ1v) is 7.39. The van der Waals surface area contributed by atoms with Crippen molar-refractivity contribution in [3.05, 3.63) is 17.8 Å². The second-order valence-corrected chi connectivity index (χ2v) is 5.33. The van der Waals surface area contributed by atoms with Crippen LogP contribution < -0.4 is 10.1 Å². The zero-order valence-corrected chi connectivity index (χ0v) is 12.8. The van der Waals surface area contributed by atoms with Gasteiger partial charge >= 0.3 is 12.0 Å². The smallest absolute Gasteiger partial charge is 0.321 e. The molecule has 2 heterocycles. The number of rotatable bonds is 4. The predicted octanol–water partition coefficient (Wildman–Crippen LogP) is 2.12. The molecule has 0 aromatic carbocycles. The fourth-order valence-corrected chi connectivity index (χ4v) is 2.42. The van der Waals surface area contributed by atoms with E-state index in [0.29, 0.717) is 44.1 Å². The van der Waals surface area contributed by atoms with Gasteiger partial charge in [-0.3, -0.25) is 4.79 Å². The lowest BCUT2D eigenvalue weighted by atomic mass is 9.97. The number of carboxylic acids is 1. The number of piperidine rings is 1. The van der Waals surface area contributed by atoms with Crippen LogP contribution in [0.4, 0.5) is 10.5 Å². The molecule has 22 heavy (non-hydrogen) atoms. The first kappa shape index (κ1) is 16.1. The Kier molecular flexibility index (Phi) is 5.19. The van der Waals surface area contributed by atoms with E-state index in [4.69, 9.17) is 9.84 Å². The standard InChI is InChI=1S/C15H21N3O4/c1-3-22-13-12(8-10(2)9-16-13)17-15(21)18-6-4-11(5-7-18)14(19)20/h8-9,11H,3-7H2,1-2H3,(H,17,21)(H,19,20). The molecule has 7 heteroatoms. The number of hydrogen-bond donors (Lipinski definition) is 2. The highest BCUT2D eigenvalue weighted by atomic mass is 16.5. The summed E-state index contributed by atoms with van der Waals surface area (Å²) in [6, 6.07) is 1.55. The summed E-state index contributed by atoms with van der Waals surface area (Å²) in [5.41, 5.74) is 1.45. The Morgan fingerprint density at radius 2 is 2.14 bits per heavy atom. The number of aryl methyl sites for hydroxylation is 1. The van der Waals surface area contributed by atoms with Gasteiger partial charge in [-0.25, -0.2) is 9.78 Å². The van der Waals surface area contributed by atoms with E-state index in [1.54, 1.807) is 17.2 Å². The first-order chi connectivity index (χ1) is 10.5. The van der Waals surface area contributed by atoms with Crippen LogP contribution in [0.5, 0.6) is 5.88 Å². The molecular weight excluding hydrogens is 286 g/mol. The predicted molar refractivity (Wildman–Crippen MR) is 81.1 cm³/mol. The molecule has 1 saturated heterocycles. The molecule has 1 aromatic rings. The van der Waals surface area contributed by atoms with Gasteiger partial charge in [-0.15, -0.1) is 0 Å². The maximum absolute atomic E-state index is 12.3. The molecule has 0 radical (unpaired) electrons. The molecule has 1 fully saturated rings. The van der Waals surface area contributed by atoms with Crippen molar-refractivity contribution in [2.24, 2.45) is 5.92 Å². The lowest BCUT2D eigenvalue weighted by molar-refractivity contribution is -0.143. The molecule has 2 amide bonds. The average Bonchev–Trinajstić information content (AvgIpc) is 2.50.